The summed E-state index contributed by atoms with van der Waals surface area (Å²) in [5.74, 6) is 0.630. The van der Waals surface area contributed by atoms with Gasteiger partial charge < -0.3 is 9.47 Å². The molecule has 0 fully saturated rings. The molecule has 3 rings (SSSR count). The predicted molar refractivity (Wildman–Crippen MR) is 111 cm³/mol. The molecule has 1 aromatic heterocycles. The number of aromatic nitrogens is 1. The average Bonchev–Trinajstić information content (AvgIpc) is 2.90. The van der Waals surface area contributed by atoms with Gasteiger partial charge in [-0.05, 0) is 56.4 Å². The number of anilines is 1. The van der Waals surface area contributed by atoms with Crippen molar-refractivity contribution in [1.82, 2.24) is 4.98 Å². The number of ether oxygens (including phenoxy) is 2. The second kappa shape index (κ2) is 7.46. The number of hydrogen-bond donors (Lipinski definition) is 0. The highest BCUT2D eigenvalue weighted by atomic mass is 16.6. The predicted octanol–water partition coefficient (Wildman–Crippen LogP) is 4.91. The van der Waals surface area contributed by atoms with Gasteiger partial charge in [-0.15, -0.1) is 0 Å². The Balaban J connectivity index is 1.76. The molecule has 2 aromatic rings. The molecule has 0 N–H and O–H groups in total. The molecule has 0 saturated heterocycles. The first-order valence-corrected chi connectivity index (χ1v) is 9.72. The van der Waals surface area contributed by atoms with Crippen molar-refractivity contribution in [3.05, 3.63) is 53.2 Å². The third kappa shape index (κ3) is 4.46. The Kier molecular flexibility index (Phi) is 5.37. The Bertz CT molecular complexity index is 851. The number of hydrogen-bond acceptors (Lipinski definition) is 4. The molecule has 1 amide bonds. The van der Waals surface area contributed by atoms with E-state index in [1.165, 1.54) is 16.7 Å². The van der Waals surface area contributed by atoms with Crippen molar-refractivity contribution in [2.75, 3.05) is 18.6 Å². The van der Waals surface area contributed by atoms with E-state index in [4.69, 9.17) is 9.47 Å². The lowest BCUT2D eigenvalue weighted by atomic mass is 9.85. The van der Waals surface area contributed by atoms with Crippen molar-refractivity contribution in [2.45, 2.75) is 58.5 Å². The van der Waals surface area contributed by atoms with Gasteiger partial charge in [-0.3, -0.25) is 4.90 Å². The van der Waals surface area contributed by atoms with Crippen LogP contribution in [0.4, 0.5) is 10.5 Å². The van der Waals surface area contributed by atoms with Crippen LogP contribution in [0.1, 0.15) is 51.3 Å². The van der Waals surface area contributed by atoms with Crippen LogP contribution in [0.15, 0.2) is 36.5 Å². The minimum absolute atomic E-state index is 0.107. The molecule has 0 unspecified atom stereocenters. The summed E-state index contributed by atoms with van der Waals surface area (Å²) in [4.78, 5) is 18.7. The van der Waals surface area contributed by atoms with E-state index in [1.54, 1.807) is 12.0 Å². The molecule has 0 bridgehead atoms. The number of pyridine rings is 1. The summed E-state index contributed by atoms with van der Waals surface area (Å²) in [6, 6.07) is 10.3. The maximum Gasteiger partial charge on any atom is 0.414 e. The molecule has 28 heavy (non-hydrogen) atoms. The molecular formula is C23H30N2O3. The van der Waals surface area contributed by atoms with E-state index in [9.17, 15) is 4.79 Å². The van der Waals surface area contributed by atoms with Crippen LogP contribution in [0.5, 0.6) is 5.88 Å². The van der Waals surface area contributed by atoms with Gasteiger partial charge in [0.05, 0.1) is 12.8 Å². The number of benzene rings is 1. The van der Waals surface area contributed by atoms with E-state index in [1.807, 2.05) is 39.1 Å². The molecule has 150 valence electrons. The molecule has 5 heteroatoms. The maximum absolute atomic E-state index is 12.6. The first kappa shape index (κ1) is 20.2. The normalized spacial score (nSPS) is 15.3. The number of amides is 1. The lowest BCUT2D eigenvalue weighted by Crippen LogP contribution is -2.38. The first-order valence-electron chi connectivity index (χ1n) is 9.72. The summed E-state index contributed by atoms with van der Waals surface area (Å²) >= 11 is 0. The minimum Gasteiger partial charge on any atom is -0.481 e. The van der Waals surface area contributed by atoms with Crippen molar-refractivity contribution in [3.63, 3.8) is 0 Å². The van der Waals surface area contributed by atoms with Gasteiger partial charge >= 0.3 is 6.09 Å². The van der Waals surface area contributed by atoms with E-state index in [0.29, 0.717) is 12.4 Å². The van der Waals surface area contributed by atoms with Gasteiger partial charge in [-0.25, -0.2) is 9.78 Å². The number of carbonyl (C=O) groups is 1. The number of nitrogens with zero attached hydrogens (tertiary/aromatic N) is 2. The molecule has 2 heterocycles. The Labute approximate surface area is 167 Å². The van der Waals surface area contributed by atoms with Gasteiger partial charge in [-0.1, -0.05) is 32.0 Å². The van der Waals surface area contributed by atoms with Gasteiger partial charge in [-0.2, -0.15) is 0 Å². The van der Waals surface area contributed by atoms with Crippen LogP contribution in [-0.2, 0) is 23.0 Å². The van der Waals surface area contributed by atoms with Crippen molar-refractivity contribution in [2.24, 2.45) is 0 Å². The van der Waals surface area contributed by atoms with Crippen LogP contribution < -0.4 is 9.64 Å². The van der Waals surface area contributed by atoms with Crippen LogP contribution in [0.3, 0.4) is 0 Å². The minimum atomic E-state index is -0.504. The van der Waals surface area contributed by atoms with Crippen molar-refractivity contribution >= 4 is 11.8 Å². The van der Waals surface area contributed by atoms with E-state index < -0.39 is 5.60 Å². The Morgan fingerprint density at radius 3 is 2.43 bits per heavy atom. The number of aryl methyl sites for hydroxylation is 2. The third-order valence-corrected chi connectivity index (χ3v) is 4.96. The average molecular weight is 383 g/mol. The highest BCUT2D eigenvalue weighted by Crippen LogP contribution is 2.41. The second-order valence-electron chi connectivity index (χ2n) is 9.01. The fourth-order valence-electron chi connectivity index (χ4n) is 3.53. The van der Waals surface area contributed by atoms with Crippen LogP contribution in [-0.4, -0.2) is 30.3 Å². The largest absolute Gasteiger partial charge is 0.481 e. The quantitative estimate of drug-likeness (QED) is 0.754. The summed E-state index contributed by atoms with van der Waals surface area (Å²) in [5, 5.41) is 0. The van der Waals surface area contributed by atoms with Crippen molar-refractivity contribution < 1.29 is 14.3 Å². The molecule has 1 aromatic carbocycles. The molecule has 1 aliphatic rings. The van der Waals surface area contributed by atoms with Gasteiger partial charge in [0, 0.05) is 24.2 Å². The number of methoxy groups -OCH3 is 1. The van der Waals surface area contributed by atoms with E-state index in [2.05, 4.69) is 37.0 Å². The van der Waals surface area contributed by atoms with E-state index in [0.717, 1.165) is 18.5 Å². The van der Waals surface area contributed by atoms with Gasteiger partial charge in [0.1, 0.15) is 5.60 Å². The fourth-order valence-corrected chi connectivity index (χ4v) is 3.53. The standard InChI is InChI=1S/C23H30N2O3/c1-22(2,3)28-21(26)25-15-23(4,5)18-13-16(9-11-19(18)25)7-8-17-10-12-20(27-6)24-14-17/h9-14H,7-8,15H2,1-6H3. The highest BCUT2D eigenvalue weighted by Gasteiger charge is 2.39. The van der Waals surface area contributed by atoms with Crippen LogP contribution >= 0.6 is 0 Å². The summed E-state index contributed by atoms with van der Waals surface area (Å²) in [5.41, 5.74) is 3.97. The van der Waals surface area contributed by atoms with E-state index >= 15 is 0 Å². The fraction of sp³-hybridized carbons (Fsp3) is 0.478. The summed E-state index contributed by atoms with van der Waals surface area (Å²) in [6.45, 7) is 10.7. The molecule has 1 aliphatic heterocycles. The monoisotopic (exact) mass is 382 g/mol. The van der Waals surface area contributed by atoms with Crippen molar-refractivity contribution in [3.8, 4) is 5.88 Å². The molecule has 0 spiro atoms. The number of rotatable bonds is 4. The third-order valence-electron chi connectivity index (χ3n) is 4.96. The van der Waals surface area contributed by atoms with Crippen LogP contribution in [0.2, 0.25) is 0 Å². The summed E-state index contributed by atoms with van der Waals surface area (Å²) < 4.78 is 10.7. The Hall–Kier alpha value is -2.56. The lowest BCUT2D eigenvalue weighted by Gasteiger charge is -2.25. The van der Waals surface area contributed by atoms with Crippen LogP contribution in [0, 0.1) is 0 Å². The molecular weight excluding hydrogens is 352 g/mol. The second-order valence-corrected chi connectivity index (χ2v) is 9.01. The molecule has 0 saturated carbocycles. The van der Waals surface area contributed by atoms with Gasteiger partial charge in [0.25, 0.3) is 0 Å². The number of carbonyl (C=O) groups excluding carboxylic acids is 1. The molecule has 0 atom stereocenters. The van der Waals surface area contributed by atoms with Gasteiger partial charge in [0.2, 0.25) is 5.88 Å². The highest BCUT2D eigenvalue weighted by molar-refractivity contribution is 5.91. The molecule has 0 radical (unpaired) electrons. The SMILES string of the molecule is COc1ccc(CCc2ccc3c(c2)C(C)(C)CN3C(=O)OC(C)(C)C)cn1. The lowest BCUT2D eigenvalue weighted by molar-refractivity contribution is 0.0579. The van der Waals surface area contributed by atoms with Crippen molar-refractivity contribution in [1.29, 1.82) is 0 Å². The Morgan fingerprint density at radius 2 is 1.82 bits per heavy atom. The molecule has 0 aliphatic carbocycles. The zero-order valence-corrected chi connectivity index (χ0v) is 17.7. The molecule has 5 nitrogen and oxygen atoms in total. The maximum atomic E-state index is 12.6. The zero-order chi connectivity index (χ0) is 20.5. The smallest absolute Gasteiger partial charge is 0.414 e. The Morgan fingerprint density at radius 1 is 1.14 bits per heavy atom. The summed E-state index contributed by atoms with van der Waals surface area (Å²) in [7, 11) is 1.62. The van der Waals surface area contributed by atoms with Gasteiger partial charge in [0.15, 0.2) is 0 Å². The van der Waals surface area contributed by atoms with E-state index in [-0.39, 0.29) is 11.5 Å². The zero-order valence-electron chi connectivity index (χ0n) is 17.7. The first-order chi connectivity index (χ1) is 13.1. The number of fused-ring (bicyclic) bond motifs is 1. The topological polar surface area (TPSA) is 51.7 Å². The summed E-state index contributed by atoms with van der Waals surface area (Å²) in [6.07, 6.45) is 3.41. The van der Waals surface area contributed by atoms with Crippen LogP contribution in [0.25, 0.3) is 0 Å².